The third kappa shape index (κ3) is 5.39. The first kappa shape index (κ1) is 36.2. The zero-order valence-electron chi connectivity index (χ0n) is 35.6. The van der Waals surface area contributed by atoms with E-state index in [1.165, 1.54) is 88.6 Å². The number of hydrogen-bond acceptors (Lipinski definition) is 3. The molecule has 1 atom stereocenters. The van der Waals surface area contributed by atoms with Crippen molar-refractivity contribution in [3.63, 3.8) is 0 Å². The van der Waals surface area contributed by atoms with Gasteiger partial charge in [-0.3, -0.25) is 4.57 Å². The number of aryl methyl sites for hydroxylation is 1. The molecule has 1 aliphatic heterocycles. The summed E-state index contributed by atoms with van der Waals surface area (Å²) in [5.41, 5.74) is 17.9. The fourth-order valence-electron chi connectivity index (χ4n) is 11.3. The van der Waals surface area contributed by atoms with Crippen molar-refractivity contribution < 1.29 is 0 Å². The number of aromatic nitrogens is 4. The summed E-state index contributed by atoms with van der Waals surface area (Å²) in [4.78, 5) is 13.5. The van der Waals surface area contributed by atoms with Crippen LogP contribution in [0.15, 0.2) is 206 Å². The first-order chi connectivity index (χ1) is 32.3. The van der Waals surface area contributed by atoms with Crippen molar-refractivity contribution in [2.75, 3.05) is 4.90 Å². The average molecular weight is 832 g/mol. The van der Waals surface area contributed by atoms with Gasteiger partial charge in [0, 0.05) is 55.6 Å². The molecule has 0 amide bonds. The molecule has 0 fully saturated rings. The van der Waals surface area contributed by atoms with Gasteiger partial charge in [0.25, 0.3) is 0 Å². The summed E-state index contributed by atoms with van der Waals surface area (Å²) < 4.78 is 4.78. The lowest BCUT2D eigenvalue weighted by atomic mass is 9.85. The van der Waals surface area contributed by atoms with E-state index in [0.29, 0.717) is 5.95 Å². The first-order valence-corrected chi connectivity index (χ1v) is 22.7. The average Bonchev–Trinajstić information content (AvgIpc) is 4.01. The van der Waals surface area contributed by atoms with Crippen molar-refractivity contribution in [2.45, 2.75) is 25.2 Å². The molecule has 1 unspecified atom stereocenters. The third-order valence-corrected chi connectivity index (χ3v) is 14.1. The molecule has 2 aliphatic carbocycles. The summed E-state index contributed by atoms with van der Waals surface area (Å²) in [6.45, 7) is 0. The molecule has 5 heteroatoms. The number of nitrogens with zero attached hydrogens (tertiary/aromatic N) is 5. The number of hydrogen-bond donors (Lipinski definition) is 0. The van der Waals surface area contributed by atoms with Crippen LogP contribution in [-0.2, 0) is 6.42 Å². The van der Waals surface area contributed by atoms with Crippen molar-refractivity contribution >= 4 is 77.4 Å². The van der Waals surface area contributed by atoms with E-state index in [4.69, 9.17) is 9.97 Å². The van der Waals surface area contributed by atoms with E-state index in [2.05, 4.69) is 220 Å². The molecule has 0 saturated carbocycles. The van der Waals surface area contributed by atoms with Crippen molar-refractivity contribution in [1.29, 1.82) is 0 Å². The minimum atomic E-state index is 0.211. The van der Waals surface area contributed by atoms with E-state index < -0.39 is 0 Å². The molecule has 3 aromatic heterocycles. The van der Waals surface area contributed by atoms with Crippen molar-refractivity contribution in [2.24, 2.45) is 0 Å². The number of fused-ring (bicyclic) bond motifs is 12. The summed E-state index contributed by atoms with van der Waals surface area (Å²) in [5, 5.41) is 7.27. The van der Waals surface area contributed by atoms with Gasteiger partial charge in [-0.05, 0) is 119 Å². The van der Waals surface area contributed by atoms with Crippen molar-refractivity contribution in [3.8, 4) is 22.8 Å². The van der Waals surface area contributed by atoms with Gasteiger partial charge < -0.3 is 9.47 Å². The predicted octanol–water partition coefficient (Wildman–Crippen LogP) is 15.1. The number of allylic oxidation sites excluding steroid dienone is 5. The van der Waals surface area contributed by atoms with Gasteiger partial charge in [0.1, 0.15) is 0 Å². The van der Waals surface area contributed by atoms with Crippen LogP contribution in [-0.4, -0.2) is 19.1 Å². The van der Waals surface area contributed by atoms with Crippen LogP contribution in [0, 0.1) is 0 Å². The second-order valence-corrected chi connectivity index (χ2v) is 17.6. The summed E-state index contributed by atoms with van der Waals surface area (Å²) in [6.07, 6.45) is 12.1. The molecular formula is C60H41N5. The van der Waals surface area contributed by atoms with Crippen LogP contribution in [0.3, 0.4) is 0 Å². The minimum absolute atomic E-state index is 0.211. The molecule has 3 aliphatic rings. The van der Waals surface area contributed by atoms with E-state index in [0.717, 1.165) is 47.1 Å². The summed E-state index contributed by atoms with van der Waals surface area (Å²) in [5.74, 6) is 0.913. The molecule has 65 heavy (non-hydrogen) atoms. The maximum absolute atomic E-state index is 5.64. The van der Waals surface area contributed by atoms with Crippen LogP contribution in [0.2, 0.25) is 0 Å². The number of anilines is 2. The fraction of sp³-hybridized carbons (Fsp3) is 0.0667. The Balaban J connectivity index is 0.972. The Bertz CT molecular complexity index is 3870. The van der Waals surface area contributed by atoms with Gasteiger partial charge in [-0.1, -0.05) is 140 Å². The number of rotatable bonds is 5. The van der Waals surface area contributed by atoms with Crippen molar-refractivity contribution in [3.05, 3.63) is 228 Å². The Hall–Kier alpha value is -8.28. The largest absolute Gasteiger partial charge is 0.313 e. The predicted molar refractivity (Wildman–Crippen MR) is 269 cm³/mol. The smallest absolute Gasteiger partial charge is 0.235 e. The van der Waals surface area contributed by atoms with Crippen LogP contribution < -0.4 is 4.90 Å². The summed E-state index contributed by atoms with van der Waals surface area (Å²) >= 11 is 0. The van der Waals surface area contributed by atoms with Crippen LogP contribution in [0.5, 0.6) is 0 Å². The highest BCUT2D eigenvalue weighted by atomic mass is 15.2. The number of benzene rings is 8. The molecule has 11 aromatic rings. The monoisotopic (exact) mass is 831 g/mol. The van der Waals surface area contributed by atoms with Crippen molar-refractivity contribution in [1.82, 2.24) is 19.1 Å². The maximum Gasteiger partial charge on any atom is 0.235 e. The molecule has 0 spiro atoms. The highest BCUT2D eigenvalue weighted by molar-refractivity contribution is 6.22. The van der Waals surface area contributed by atoms with Crippen LogP contribution in [0.4, 0.5) is 11.4 Å². The first-order valence-electron chi connectivity index (χ1n) is 22.7. The highest BCUT2D eigenvalue weighted by Crippen LogP contribution is 2.53. The lowest BCUT2D eigenvalue weighted by molar-refractivity contribution is 0.827. The lowest BCUT2D eigenvalue weighted by Gasteiger charge is -2.26. The van der Waals surface area contributed by atoms with Crippen LogP contribution in [0.25, 0.3) is 88.8 Å². The van der Waals surface area contributed by atoms with Gasteiger partial charge in [0.05, 0.1) is 33.5 Å². The van der Waals surface area contributed by atoms with Gasteiger partial charge >= 0.3 is 0 Å². The molecule has 4 heterocycles. The molecule has 306 valence electrons. The van der Waals surface area contributed by atoms with E-state index >= 15 is 0 Å². The Labute approximate surface area is 376 Å². The number of para-hydroxylation sites is 5. The molecule has 8 aromatic carbocycles. The molecular weight excluding hydrogens is 791 g/mol. The van der Waals surface area contributed by atoms with E-state index in [1.54, 1.807) is 0 Å². The van der Waals surface area contributed by atoms with Gasteiger partial charge in [-0.2, -0.15) is 0 Å². The Morgan fingerprint density at radius 2 is 1.25 bits per heavy atom. The Kier molecular flexibility index (Phi) is 7.87. The van der Waals surface area contributed by atoms with Crippen LogP contribution in [0.1, 0.15) is 41.3 Å². The van der Waals surface area contributed by atoms with Gasteiger partial charge in [0.2, 0.25) is 5.95 Å². The molecule has 14 rings (SSSR count). The standard InChI is InChI=1S/C60H41N5/c1-3-17-40(18-4-1)63-53-28-14-11-23-44(53)50-35-39(32-34-56(50)63)58-48-26-9-13-27-52(48)61-60(62-58)65-55-30-16-10-22-43(55)46-33-31-38(36-57(46)65)49-37-51-45-24-12-15-29-54(45)64(41-19-5-2-6-20-41)59(51)47-25-8-7-21-42(47)49/h1-9,11-21,23-34,36-37,50H,10,22,35H2. The SMILES string of the molecule is C1=Cc2c(c3ccc(-c4cc5c6ccccc6n(-c6ccccc6)c5c5ccccc45)cc3n2-c2nc(C3=CC=C4C(C3)c3ccccc3N4c3ccccc3)c3ccccc3n2)CC1. The molecule has 0 N–H and O–H groups in total. The highest BCUT2D eigenvalue weighted by Gasteiger charge is 2.37. The maximum atomic E-state index is 5.64. The van der Waals surface area contributed by atoms with Gasteiger partial charge in [0.15, 0.2) is 0 Å². The molecule has 0 radical (unpaired) electrons. The zero-order valence-corrected chi connectivity index (χ0v) is 35.6. The van der Waals surface area contributed by atoms with E-state index in [1.807, 2.05) is 0 Å². The minimum Gasteiger partial charge on any atom is -0.313 e. The Morgan fingerprint density at radius 1 is 0.523 bits per heavy atom. The zero-order chi connectivity index (χ0) is 42.6. The molecule has 5 nitrogen and oxygen atoms in total. The summed E-state index contributed by atoms with van der Waals surface area (Å²) in [7, 11) is 0. The quantitative estimate of drug-likeness (QED) is 0.173. The topological polar surface area (TPSA) is 38.9 Å². The van der Waals surface area contributed by atoms with Crippen LogP contribution >= 0.6 is 0 Å². The fourth-order valence-corrected chi connectivity index (χ4v) is 11.3. The second kappa shape index (κ2) is 14.1. The lowest BCUT2D eigenvalue weighted by Crippen LogP contribution is -2.16. The van der Waals surface area contributed by atoms with Gasteiger partial charge in [-0.15, -0.1) is 0 Å². The summed E-state index contributed by atoms with van der Waals surface area (Å²) in [6, 6.07) is 66.1. The second-order valence-electron chi connectivity index (χ2n) is 17.6. The van der Waals surface area contributed by atoms with E-state index in [-0.39, 0.29) is 5.92 Å². The molecule has 0 saturated heterocycles. The van der Waals surface area contributed by atoms with E-state index in [9.17, 15) is 0 Å². The molecule has 0 bridgehead atoms. The van der Waals surface area contributed by atoms with Gasteiger partial charge in [-0.25, -0.2) is 9.97 Å². The Morgan fingerprint density at radius 3 is 2.11 bits per heavy atom. The third-order valence-electron chi connectivity index (χ3n) is 14.1. The normalized spacial score (nSPS) is 15.4.